The normalized spacial score (nSPS) is 15.5. The van der Waals surface area contributed by atoms with E-state index in [2.05, 4.69) is 60.2 Å². The number of thiazole rings is 1. The maximum Gasteiger partial charge on any atom is 0.265 e. The third-order valence-electron chi connectivity index (χ3n) is 7.08. The van der Waals surface area contributed by atoms with Crippen LogP contribution in [0.5, 0.6) is 0 Å². The summed E-state index contributed by atoms with van der Waals surface area (Å²) in [5.41, 5.74) is 3.05. The van der Waals surface area contributed by atoms with Gasteiger partial charge in [-0.2, -0.15) is 0 Å². The Kier molecular flexibility index (Phi) is 9.65. The zero-order valence-electron chi connectivity index (χ0n) is 21.4. The molecular formula is C27H40N4O2S. The van der Waals surface area contributed by atoms with Crippen LogP contribution >= 0.6 is 11.3 Å². The molecule has 1 aromatic carbocycles. The lowest BCUT2D eigenvalue weighted by molar-refractivity contribution is -0.126. The number of aryl methyl sites for hydroxylation is 2. The highest BCUT2D eigenvalue weighted by atomic mass is 32.1. The number of carbonyl (C=O) groups excluding carboxylic acids is 2. The van der Waals surface area contributed by atoms with E-state index >= 15 is 0 Å². The summed E-state index contributed by atoms with van der Waals surface area (Å²) in [5.74, 6) is 0.507. The Morgan fingerprint density at radius 3 is 2.41 bits per heavy atom. The van der Waals surface area contributed by atoms with Crippen LogP contribution < -0.4 is 5.32 Å². The number of amides is 2. The predicted molar refractivity (Wildman–Crippen MR) is 140 cm³/mol. The topological polar surface area (TPSA) is 65.5 Å². The molecule has 186 valence electrons. The average molecular weight is 485 g/mol. The van der Waals surface area contributed by atoms with E-state index in [4.69, 9.17) is 0 Å². The van der Waals surface area contributed by atoms with Gasteiger partial charge in [-0.25, -0.2) is 4.98 Å². The van der Waals surface area contributed by atoms with E-state index < -0.39 is 0 Å². The van der Waals surface area contributed by atoms with Gasteiger partial charge in [0.05, 0.1) is 5.69 Å². The highest BCUT2D eigenvalue weighted by molar-refractivity contribution is 7.17. The standard InChI is InChI=1S/C27H40N4O2S/c1-6-30(7-2)16-8-15-28-25(32)20(4)22-13-17-31(18-14-22)27(33)24-21(5)29-26(34-24)23-11-9-19(3)10-12-23/h9-12,20,22H,6-8,13-18H2,1-5H3,(H,28,32). The summed E-state index contributed by atoms with van der Waals surface area (Å²) in [6, 6.07) is 8.26. The van der Waals surface area contributed by atoms with Crippen LogP contribution in [0.1, 0.15) is 61.0 Å². The second kappa shape index (κ2) is 12.5. The van der Waals surface area contributed by atoms with Crippen molar-refractivity contribution in [2.24, 2.45) is 11.8 Å². The van der Waals surface area contributed by atoms with Crippen molar-refractivity contribution in [2.75, 3.05) is 39.3 Å². The molecule has 2 amide bonds. The van der Waals surface area contributed by atoms with Crippen LogP contribution in [0.25, 0.3) is 10.6 Å². The summed E-state index contributed by atoms with van der Waals surface area (Å²) in [5, 5.41) is 4.01. The quantitative estimate of drug-likeness (QED) is 0.494. The first kappa shape index (κ1) is 26.4. The first-order valence-corrected chi connectivity index (χ1v) is 13.5. The van der Waals surface area contributed by atoms with Gasteiger partial charge in [-0.1, -0.05) is 50.6 Å². The molecule has 6 nitrogen and oxygen atoms in total. The number of piperidine rings is 1. The first-order valence-electron chi connectivity index (χ1n) is 12.7. The summed E-state index contributed by atoms with van der Waals surface area (Å²) in [6.45, 7) is 15.6. The summed E-state index contributed by atoms with van der Waals surface area (Å²) in [6.07, 6.45) is 2.71. The van der Waals surface area contributed by atoms with Gasteiger partial charge in [-0.3, -0.25) is 9.59 Å². The average Bonchev–Trinajstić information content (AvgIpc) is 3.25. The van der Waals surface area contributed by atoms with Gasteiger partial charge in [-0.05, 0) is 58.7 Å². The Balaban J connectivity index is 1.49. The zero-order valence-corrected chi connectivity index (χ0v) is 22.2. The number of carbonyl (C=O) groups is 2. The van der Waals surface area contributed by atoms with E-state index in [0.29, 0.717) is 19.0 Å². The minimum Gasteiger partial charge on any atom is -0.356 e. The second-order valence-corrected chi connectivity index (χ2v) is 10.4. The summed E-state index contributed by atoms with van der Waals surface area (Å²) < 4.78 is 0. The monoisotopic (exact) mass is 484 g/mol. The van der Waals surface area contributed by atoms with E-state index in [9.17, 15) is 9.59 Å². The summed E-state index contributed by atoms with van der Waals surface area (Å²) >= 11 is 1.48. The lowest BCUT2D eigenvalue weighted by atomic mass is 9.84. The molecule has 1 aliphatic rings. The molecule has 1 unspecified atom stereocenters. The van der Waals surface area contributed by atoms with Crippen LogP contribution in [0.2, 0.25) is 0 Å². The van der Waals surface area contributed by atoms with Crippen LogP contribution in [0.4, 0.5) is 0 Å². The van der Waals surface area contributed by atoms with E-state index in [1.54, 1.807) is 0 Å². The molecule has 1 N–H and O–H groups in total. The van der Waals surface area contributed by atoms with Crippen LogP contribution in [0.15, 0.2) is 24.3 Å². The van der Waals surface area contributed by atoms with Crippen molar-refractivity contribution < 1.29 is 9.59 Å². The van der Waals surface area contributed by atoms with Gasteiger partial charge >= 0.3 is 0 Å². The number of hydrogen-bond donors (Lipinski definition) is 1. The van der Waals surface area contributed by atoms with Gasteiger partial charge in [-0.15, -0.1) is 11.3 Å². The van der Waals surface area contributed by atoms with Crippen molar-refractivity contribution in [1.29, 1.82) is 0 Å². The number of nitrogens with zero attached hydrogens (tertiary/aromatic N) is 3. The molecule has 0 bridgehead atoms. The Hall–Kier alpha value is -2.25. The van der Waals surface area contributed by atoms with E-state index in [-0.39, 0.29) is 17.7 Å². The Morgan fingerprint density at radius 2 is 1.79 bits per heavy atom. The molecule has 1 atom stereocenters. The maximum absolute atomic E-state index is 13.2. The van der Waals surface area contributed by atoms with Crippen LogP contribution in [-0.4, -0.2) is 65.9 Å². The van der Waals surface area contributed by atoms with Crippen LogP contribution in [0, 0.1) is 25.7 Å². The number of nitrogens with one attached hydrogen (secondary N) is 1. The fourth-order valence-electron chi connectivity index (χ4n) is 4.59. The molecule has 1 aliphatic heterocycles. The maximum atomic E-state index is 13.2. The van der Waals surface area contributed by atoms with Gasteiger partial charge in [0.25, 0.3) is 5.91 Å². The molecule has 1 fully saturated rings. The smallest absolute Gasteiger partial charge is 0.265 e. The number of aromatic nitrogens is 1. The summed E-state index contributed by atoms with van der Waals surface area (Å²) in [7, 11) is 0. The lowest BCUT2D eigenvalue weighted by Crippen LogP contribution is -2.43. The van der Waals surface area contributed by atoms with E-state index in [1.807, 2.05) is 18.7 Å². The van der Waals surface area contributed by atoms with Gasteiger partial charge in [0, 0.05) is 31.1 Å². The molecule has 7 heteroatoms. The Labute approximate surface area is 208 Å². The minimum absolute atomic E-state index is 0.0241. The minimum atomic E-state index is -0.0241. The molecule has 0 aliphatic carbocycles. The van der Waals surface area contributed by atoms with Crippen molar-refractivity contribution in [3.8, 4) is 10.6 Å². The fourth-order valence-corrected chi connectivity index (χ4v) is 5.63. The van der Waals surface area contributed by atoms with Gasteiger partial charge in [0.1, 0.15) is 9.88 Å². The zero-order chi connectivity index (χ0) is 24.7. The van der Waals surface area contributed by atoms with Crippen molar-refractivity contribution in [2.45, 2.75) is 53.9 Å². The molecule has 0 radical (unpaired) electrons. The largest absolute Gasteiger partial charge is 0.356 e. The lowest BCUT2D eigenvalue weighted by Gasteiger charge is -2.34. The molecule has 2 aromatic rings. The molecule has 2 heterocycles. The number of rotatable bonds is 10. The number of hydrogen-bond acceptors (Lipinski definition) is 5. The van der Waals surface area contributed by atoms with Crippen molar-refractivity contribution in [3.63, 3.8) is 0 Å². The predicted octanol–water partition coefficient (Wildman–Crippen LogP) is 4.76. The molecule has 3 rings (SSSR count). The molecule has 34 heavy (non-hydrogen) atoms. The number of likely N-dealkylation sites (tertiary alicyclic amines) is 1. The molecular weight excluding hydrogens is 444 g/mol. The first-order chi connectivity index (χ1) is 16.3. The molecule has 1 saturated heterocycles. The molecule has 0 saturated carbocycles. The second-order valence-electron chi connectivity index (χ2n) is 9.39. The molecule has 0 spiro atoms. The van der Waals surface area contributed by atoms with Gasteiger partial charge in [0.15, 0.2) is 0 Å². The highest BCUT2D eigenvalue weighted by Crippen LogP contribution is 2.31. The van der Waals surface area contributed by atoms with E-state index in [0.717, 1.165) is 66.6 Å². The van der Waals surface area contributed by atoms with Crippen molar-refractivity contribution >= 4 is 23.2 Å². The van der Waals surface area contributed by atoms with Crippen molar-refractivity contribution in [1.82, 2.24) is 20.1 Å². The summed E-state index contributed by atoms with van der Waals surface area (Å²) in [4.78, 5) is 35.6. The van der Waals surface area contributed by atoms with Gasteiger partial charge in [0.2, 0.25) is 5.91 Å². The van der Waals surface area contributed by atoms with Crippen molar-refractivity contribution in [3.05, 3.63) is 40.4 Å². The van der Waals surface area contributed by atoms with Crippen LogP contribution in [0.3, 0.4) is 0 Å². The van der Waals surface area contributed by atoms with Crippen LogP contribution in [-0.2, 0) is 4.79 Å². The molecule has 1 aromatic heterocycles. The third kappa shape index (κ3) is 6.66. The third-order valence-corrected chi connectivity index (χ3v) is 8.28. The number of benzene rings is 1. The Bertz CT molecular complexity index is 944. The Morgan fingerprint density at radius 1 is 1.15 bits per heavy atom. The van der Waals surface area contributed by atoms with Gasteiger partial charge < -0.3 is 15.1 Å². The van der Waals surface area contributed by atoms with E-state index in [1.165, 1.54) is 16.9 Å². The highest BCUT2D eigenvalue weighted by Gasteiger charge is 2.31. The fraction of sp³-hybridized carbons (Fsp3) is 0.593. The SMILES string of the molecule is CCN(CC)CCCNC(=O)C(C)C1CCN(C(=O)c2sc(-c3ccc(C)cc3)nc2C)CC1.